The highest BCUT2D eigenvalue weighted by atomic mass is 79.9. The third-order valence-corrected chi connectivity index (χ3v) is 12.1. The summed E-state index contributed by atoms with van der Waals surface area (Å²) in [6, 6.07) is 3.85. The maximum atomic E-state index is 9.83. The monoisotopic (exact) mass is 442 g/mol. The van der Waals surface area contributed by atoms with E-state index in [1.54, 1.807) is 0 Å². The molecule has 0 aromatic heterocycles. The predicted molar refractivity (Wildman–Crippen MR) is 111 cm³/mol. The van der Waals surface area contributed by atoms with Crippen LogP contribution < -0.4 is 9.47 Å². The molecule has 0 spiro atoms. The molecular weight excluding hydrogens is 412 g/mol. The van der Waals surface area contributed by atoms with Crippen molar-refractivity contribution in [3.8, 4) is 11.5 Å². The Kier molecular flexibility index (Phi) is 6.99. The van der Waals surface area contributed by atoms with Crippen LogP contribution in [-0.4, -0.2) is 26.8 Å². The van der Waals surface area contributed by atoms with E-state index in [4.69, 9.17) is 13.9 Å². The van der Waals surface area contributed by atoms with E-state index in [-0.39, 0.29) is 19.5 Å². The standard InChI is InChI=1S/C20H31BrO4Si/c1-12(2)26(13(3)4,14(5)6)25-20(15(7)10-22)16-8-18-19(9-17(16)21)24-11-23-18/h8-9,12-14,20,22H,7,10-11H2,1-6H3. The van der Waals surface area contributed by atoms with Crippen LogP contribution in [0.5, 0.6) is 11.5 Å². The fraction of sp³-hybridized carbons (Fsp3) is 0.600. The second-order valence-corrected chi connectivity index (χ2v) is 14.1. The van der Waals surface area contributed by atoms with Crippen LogP contribution in [0.2, 0.25) is 16.6 Å². The van der Waals surface area contributed by atoms with E-state index in [9.17, 15) is 5.11 Å². The van der Waals surface area contributed by atoms with Gasteiger partial charge in [-0.05, 0) is 34.3 Å². The van der Waals surface area contributed by atoms with Crippen molar-refractivity contribution in [1.29, 1.82) is 0 Å². The van der Waals surface area contributed by atoms with Crippen molar-refractivity contribution in [2.24, 2.45) is 0 Å². The summed E-state index contributed by atoms with van der Waals surface area (Å²) >= 11 is 3.64. The molecule has 1 unspecified atom stereocenters. The normalized spacial score (nSPS) is 15.2. The second-order valence-electron chi connectivity index (χ2n) is 7.86. The predicted octanol–water partition coefficient (Wildman–Crippen LogP) is 5.96. The molecule has 2 rings (SSSR count). The van der Waals surface area contributed by atoms with E-state index in [1.807, 2.05) is 12.1 Å². The molecule has 0 aliphatic carbocycles. The van der Waals surface area contributed by atoms with E-state index in [0.717, 1.165) is 10.0 Å². The summed E-state index contributed by atoms with van der Waals surface area (Å²) in [6.07, 6.45) is -0.386. The summed E-state index contributed by atoms with van der Waals surface area (Å²) in [7, 11) is -2.17. The number of hydrogen-bond donors (Lipinski definition) is 1. The smallest absolute Gasteiger partial charge is 0.231 e. The summed E-state index contributed by atoms with van der Waals surface area (Å²) in [5.74, 6) is 1.42. The zero-order valence-electron chi connectivity index (χ0n) is 16.6. The zero-order chi connectivity index (χ0) is 19.6. The molecule has 1 aromatic carbocycles. The number of aliphatic hydroxyl groups is 1. The Hall–Kier alpha value is -0.823. The van der Waals surface area contributed by atoms with Crippen molar-refractivity contribution in [3.63, 3.8) is 0 Å². The molecule has 0 radical (unpaired) electrons. The highest BCUT2D eigenvalue weighted by Gasteiger charge is 2.47. The van der Waals surface area contributed by atoms with Crippen molar-refractivity contribution < 1.29 is 19.0 Å². The molecule has 146 valence electrons. The highest BCUT2D eigenvalue weighted by molar-refractivity contribution is 9.10. The van der Waals surface area contributed by atoms with Gasteiger partial charge in [0.25, 0.3) is 0 Å². The van der Waals surface area contributed by atoms with Crippen LogP contribution in [0.4, 0.5) is 0 Å². The molecular formula is C20H31BrO4Si. The first-order valence-electron chi connectivity index (χ1n) is 9.20. The first-order valence-corrected chi connectivity index (χ1v) is 12.1. The van der Waals surface area contributed by atoms with Crippen LogP contribution in [-0.2, 0) is 4.43 Å². The summed E-state index contributed by atoms with van der Waals surface area (Å²) in [5, 5.41) is 9.83. The Labute approximate surface area is 166 Å². The van der Waals surface area contributed by atoms with Crippen molar-refractivity contribution in [1.82, 2.24) is 0 Å². The quantitative estimate of drug-likeness (QED) is 0.398. The maximum absolute atomic E-state index is 9.83. The average Bonchev–Trinajstić information content (AvgIpc) is 3.00. The lowest BCUT2D eigenvalue weighted by atomic mass is 10.0. The van der Waals surface area contributed by atoms with Crippen LogP contribution in [0.1, 0.15) is 53.2 Å². The van der Waals surface area contributed by atoms with Gasteiger partial charge in [-0.15, -0.1) is 0 Å². The molecule has 0 bridgehead atoms. The van der Waals surface area contributed by atoms with Gasteiger partial charge >= 0.3 is 0 Å². The minimum absolute atomic E-state index is 0.121. The van der Waals surface area contributed by atoms with Crippen molar-refractivity contribution in [2.75, 3.05) is 13.4 Å². The van der Waals surface area contributed by atoms with Gasteiger partial charge in [0.2, 0.25) is 15.1 Å². The Morgan fingerprint density at radius 2 is 1.62 bits per heavy atom. The first kappa shape index (κ1) is 21.5. The topological polar surface area (TPSA) is 47.9 Å². The first-order chi connectivity index (χ1) is 12.1. The third-order valence-electron chi connectivity index (χ3n) is 5.38. The third kappa shape index (κ3) is 3.88. The molecule has 1 aliphatic rings. The molecule has 1 aliphatic heterocycles. The number of ether oxygens (including phenoxy) is 2. The van der Waals surface area contributed by atoms with E-state index in [0.29, 0.717) is 33.7 Å². The van der Waals surface area contributed by atoms with Crippen LogP contribution in [0.25, 0.3) is 0 Å². The molecule has 0 amide bonds. The van der Waals surface area contributed by atoms with Gasteiger partial charge in [-0.25, -0.2) is 0 Å². The van der Waals surface area contributed by atoms with Crippen LogP contribution in [0, 0.1) is 0 Å². The van der Waals surface area contributed by atoms with Crippen molar-refractivity contribution >= 4 is 24.2 Å². The number of benzene rings is 1. The van der Waals surface area contributed by atoms with E-state index in [2.05, 4.69) is 64.1 Å². The molecule has 0 fully saturated rings. The summed E-state index contributed by atoms with van der Waals surface area (Å²) in [5.41, 5.74) is 2.88. The van der Waals surface area contributed by atoms with Gasteiger partial charge in [-0.1, -0.05) is 64.1 Å². The fourth-order valence-corrected chi connectivity index (χ4v) is 10.2. The van der Waals surface area contributed by atoms with Crippen molar-refractivity contribution in [3.05, 3.63) is 34.3 Å². The maximum Gasteiger partial charge on any atom is 0.231 e. The van der Waals surface area contributed by atoms with Gasteiger partial charge in [-0.3, -0.25) is 0 Å². The van der Waals surface area contributed by atoms with Crippen molar-refractivity contribution in [2.45, 2.75) is 64.3 Å². The molecule has 6 heteroatoms. The molecule has 26 heavy (non-hydrogen) atoms. The van der Waals surface area contributed by atoms with Gasteiger partial charge in [0, 0.05) is 10.0 Å². The SMILES string of the molecule is C=C(CO)C(O[Si](C(C)C)(C(C)C)C(C)C)c1cc2c(cc1Br)OCO2. The van der Waals surface area contributed by atoms with Gasteiger partial charge in [0.15, 0.2) is 11.5 Å². The van der Waals surface area contributed by atoms with Crippen LogP contribution in [0.3, 0.4) is 0 Å². The molecule has 1 N–H and O–H groups in total. The van der Waals surface area contributed by atoms with Gasteiger partial charge in [0.1, 0.15) is 0 Å². The minimum atomic E-state index is -2.17. The zero-order valence-corrected chi connectivity index (χ0v) is 19.2. The number of rotatable bonds is 8. The number of fused-ring (bicyclic) bond motifs is 1. The summed E-state index contributed by atoms with van der Waals surface area (Å²) in [6.45, 7) is 17.7. The molecule has 4 nitrogen and oxygen atoms in total. The Balaban J connectivity index is 2.53. The molecule has 1 atom stereocenters. The second kappa shape index (κ2) is 8.46. The van der Waals surface area contributed by atoms with Gasteiger partial charge < -0.3 is 19.0 Å². The average molecular weight is 443 g/mol. The summed E-state index contributed by atoms with van der Waals surface area (Å²) in [4.78, 5) is 0. The fourth-order valence-electron chi connectivity index (χ4n) is 4.20. The molecule has 0 saturated carbocycles. The Morgan fingerprint density at radius 3 is 2.08 bits per heavy atom. The van der Waals surface area contributed by atoms with Crippen LogP contribution in [0.15, 0.2) is 28.8 Å². The van der Waals surface area contributed by atoms with E-state index >= 15 is 0 Å². The Bertz CT molecular complexity index is 636. The molecule has 0 saturated heterocycles. The number of halogens is 1. The molecule has 1 heterocycles. The van der Waals surface area contributed by atoms with E-state index < -0.39 is 8.32 Å². The summed E-state index contributed by atoms with van der Waals surface area (Å²) < 4.78 is 18.8. The lowest BCUT2D eigenvalue weighted by Crippen LogP contribution is -2.48. The lowest BCUT2D eigenvalue weighted by Gasteiger charge is -2.45. The van der Waals surface area contributed by atoms with Gasteiger partial charge in [0.05, 0.1) is 12.7 Å². The van der Waals surface area contributed by atoms with Gasteiger partial charge in [-0.2, -0.15) is 0 Å². The minimum Gasteiger partial charge on any atom is -0.454 e. The number of aliphatic hydroxyl groups excluding tert-OH is 1. The number of hydrogen-bond acceptors (Lipinski definition) is 4. The highest BCUT2D eigenvalue weighted by Crippen LogP contribution is 2.48. The largest absolute Gasteiger partial charge is 0.454 e. The van der Waals surface area contributed by atoms with Crippen LogP contribution >= 0.6 is 15.9 Å². The lowest BCUT2D eigenvalue weighted by molar-refractivity contribution is 0.173. The molecule has 1 aromatic rings. The Morgan fingerprint density at radius 1 is 1.12 bits per heavy atom. The van der Waals surface area contributed by atoms with E-state index in [1.165, 1.54) is 0 Å².